The Hall–Kier alpha value is -3.32. The summed E-state index contributed by atoms with van der Waals surface area (Å²) >= 11 is 1.51. The molecule has 1 aliphatic carbocycles. The number of carbonyl (C=O) groups excluding carboxylic acids is 2. The van der Waals surface area contributed by atoms with Crippen LogP contribution in [-0.4, -0.2) is 41.7 Å². The van der Waals surface area contributed by atoms with Gasteiger partial charge in [0.2, 0.25) is 11.8 Å². The van der Waals surface area contributed by atoms with Gasteiger partial charge in [0.1, 0.15) is 17.6 Å². The fourth-order valence-corrected chi connectivity index (χ4v) is 5.64. The van der Waals surface area contributed by atoms with Crippen molar-refractivity contribution in [3.8, 4) is 5.75 Å². The van der Waals surface area contributed by atoms with Gasteiger partial charge in [-0.05, 0) is 53.8 Å². The zero-order valence-corrected chi connectivity index (χ0v) is 22.6. The maximum Gasteiger partial charge on any atom is 0.243 e. The maximum absolute atomic E-state index is 13.7. The van der Waals surface area contributed by atoms with E-state index in [0.717, 1.165) is 48.1 Å². The van der Waals surface area contributed by atoms with Crippen LogP contribution in [0.3, 0.4) is 0 Å². The molecule has 3 aromatic carbocycles. The van der Waals surface area contributed by atoms with Crippen LogP contribution < -0.4 is 10.1 Å². The second kappa shape index (κ2) is 14.0. The molecule has 0 saturated heterocycles. The average molecular weight is 535 g/mol. The first kappa shape index (κ1) is 27.7. The minimum absolute atomic E-state index is 0.115. The van der Waals surface area contributed by atoms with Gasteiger partial charge in [0, 0.05) is 24.8 Å². The zero-order valence-electron chi connectivity index (χ0n) is 21.8. The van der Waals surface area contributed by atoms with E-state index in [-0.39, 0.29) is 36.0 Å². The fraction of sp³-hybridized carbons (Fsp3) is 0.355. The molecule has 1 saturated carbocycles. The van der Waals surface area contributed by atoms with Crippen LogP contribution >= 0.6 is 11.8 Å². The molecule has 4 rings (SSSR count). The van der Waals surface area contributed by atoms with E-state index < -0.39 is 6.04 Å². The van der Waals surface area contributed by atoms with Gasteiger partial charge in [-0.15, -0.1) is 11.8 Å². The molecule has 0 radical (unpaired) electrons. The number of halogens is 1. The molecule has 0 heterocycles. The molecule has 0 unspecified atom stereocenters. The Morgan fingerprint density at radius 2 is 1.61 bits per heavy atom. The molecular weight excluding hydrogens is 499 g/mol. The monoisotopic (exact) mass is 534 g/mol. The Balaban J connectivity index is 1.54. The summed E-state index contributed by atoms with van der Waals surface area (Å²) in [5, 5.41) is 3.21. The molecule has 5 nitrogen and oxygen atoms in total. The maximum atomic E-state index is 13.7. The Morgan fingerprint density at radius 3 is 2.26 bits per heavy atom. The molecule has 0 bridgehead atoms. The molecule has 3 aromatic rings. The Bertz CT molecular complexity index is 1170. The van der Waals surface area contributed by atoms with Crippen molar-refractivity contribution in [3.63, 3.8) is 0 Å². The van der Waals surface area contributed by atoms with Gasteiger partial charge in [-0.1, -0.05) is 67.4 Å². The number of rotatable bonds is 12. The highest BCUT2D eigenvalue weighted by atomic mass is 32.2. The van der Waals surface area contributed by atoms with Crippen LogP contribution in [-0.2, 0) is 28.3 Å². The van der Waals surface area contributed by atoms with Crippen LogP contribution in [0.25, 0.3) is 0 Å². The van der Waals surface area contributed by atoms with Crippen molar-refractivity contribution in [2.24, 2.45) is 0 Å². The summed E-state index contributed by atoms with van der Waals surface area (Å²) in [5.74, 6) is 1.11. The number of benzene rings is 3. The topological polar surface area (TPSA) is 58.6 Å². The van der Waals surface area contributed by atoms with Crippen molar-refractivity contribution >= 4 is 23.6 Å². The van der Waals surface area contributed by atoms with E-state index >= 15 is 0 Å². The number of thioether (sulfide) groups is 1. The van der Waals surface area contributed by atoms with E-state index in [0.29, 0.717) is 12.2 Å². The summed E-state index contributed by atoms with van der Waals surface area (Å²) in [6.07, 6.45) is 4.55. The number of methoxy groups -OCH3 is 1. The summed E-state index contributed by atoms with van der Waals surface area (Å²) < 4.78 is 18.8. The van der Waals surface area contributed by atoms with Gasteiger partial charge in [-0.2, -0.15) is 0 Å². The lowest BCUT2D eigenvalue weighted by molar-refractivity contribution is -0.139. The number of hydrogen-bond acceptors (Lipinski definition) is 4. The molecule has 0 aromatic heterocycles. The second-order valence-electron chi connectivity index (χ2n) is 9.68. The van der Waals surface area contributed by atoms with Gasteiger partial charge in [-0.25, -0.2) is 4.39 Å². The number of ether oxygens (including phenoxy) is 1. The molecule has 7 heteroatoms. The molecule has 0 spiro atoms. The van der Waals surface area contributed by atoms with E-state index in [1.54, 1.807) is 24.1 Å². The normalized spacial score (nSPS) is 14.2. The van der Waals surface area contributed by atoms with E-state index in [9.17, 15) is 14.0 Å². The van der Waals surface area contributed by atoms with Gasteiger partial charge in [0.15, 0.2) is 0 Å². The molecule has 1 fully saturated rings. The van der Waals surface area contributed by atoms with Crippen LogP contribution in [0.15, 0.2) is 78.9 Å². The van der Waals surface area contributed by atoms with Crippen LogP contribution in [0.1, 0.15) is 42.4 Å². The average Bonchev–Trinajstić information content (AvgIpc) is 3.45. The molecule has 1 atom stereocenters. The predicted molar refractivity (Wildman–Crippen MR) is 150 cm³/mol. The first-order valence-electron chi connectivity index (χ1n) is 13.1. The van der Waals surface area contributed by atoms with Crippen molar-refractivity contribution in [3.05, 3.63) is 101 Å². The van der Waals surface area contributed by atoms with E-state index in [2.05, 4.69) is 5.32 Å². The highest BCUT2D eigenvalue weighted by Crippen LogP contribution is 2.22. The third kappa shape index (κ3) is 8.09. The number of nitrogens with zero attached hydrogens (tertiary/aromatic N) is 1. The van der Waals surface area contributed by atoms with Gasteiger partial charge in [0.25, 0.3) is 0 Å². The van der Waals surface area contributed by atoms with Crippen LogP contribution in [0.2, 0.25) is 0 Å². The predicted octanol–water partition coefficient (Wildman–Crippen LogP) is 5.77. The molecule has 200 valence electrons. The Labute approximate surface area is 228 Å². The van der Waals surface area contributed by atoms with Crippen LogP contribution in [0, 0.1) is 5.82 Å². The number of carbonyl (C=O) groups is 2. The third-order valence-electron chi connectivity index (χ3n) is 6.89. The standard InChI is InChI=1S/C31H35FN2O3S/c1-37-28-17-13-25(14-18-28)21-38-22-30(35)34(20-24-11-15-26(32)16-12-24)29(19-23-7-3-2-4-8-23)31(36)33-27-9-5-6-10-27/h2-4,7-8,11-18,27,29H,5-6,9-10,19-22H2,1H3,(H,33,36)/t29-/m1/s1. The van der Waals surface area contributed by atoms with Gasteiger partial charge < -0.3 is 15.0 Å². The van der Waals surface area contributed by atoms with E-state index in [4.69, 9.17) is 4.74 Å². The summed E-state index contributed by atoms with van der Waals surface area (Å²) in [4.78, 5) is 29.0. The molecule has 2 amide bonds. The number of nitrogens with one attached hydrogen (secondary N) is 1. The summed E-state index contributed by atoms with van der Waals surface area (Å²) in [7, 11) is 1.63. The smallest absolute Gasteiger partial charge is 0.243 e. The van der Waals surface area contributed by atoms with Crippen molar-refractivity contribution < 1.29 is 18.7 Å². The van der Waals surface area contributed by atoms with Crippen LogP contribution in [0.5, 0.6) is 5.75 Å². The molecule has 38 heavy (non-hydrogen) atoms. The first-order valence-corrected chi connectivity index (χ1v) is 14.3. The van der Waals surface area contributed by atoms with Gasteiger partial charge in [-0.3, -0.25) is 9.59 Å². The second-order valence-corrected chi connectivity index (χ2v) is 10.7. The largest absolute Gasteiger partial charge is 0.497 e. The van der Waals surface area contributed by atoms with Crippen molar-refractivity contribution in [1.82, 2.24) is 10.2 Å². The quantitative estimate of drug-likeness (QED) is 0.321. The minimum Gasteiger partial charge on any atom is -0.497 e. The van der Waals surface area contributed by atoms with Crippen LogP contribution in [0.4, 0.5) is 4.39 Å². The SMILES string of the molecule is COc1ccc(CSCC(=O)N(Cc2ccc(F)cc2)[C@H](Cc2ccccc2)C(=O)NC2CCCC2)cc1. The van der Waals surface area contributed by atoms with Crippen molar-refractivity contribution in [1.29, 1.82) is 0 Å². The summed E-state index contributed by atoms with van der Waals surface area (Å²) in [6, 6.07) is 23.2. The third-order valence-corrected chi connectivity index (χ3v) is 7.88. The minimum atomic E-state index is -0.669. The lowest BCUT2D eigenvalue weighted by atomic mass is 10.0. The zero-order chi connectivity index (χ0) is 26.7. The molecule has 1 N–H and O–H groups in total. The first-order chi connectivity index (χ1) is 18.5. The molecule has 0 aliphatic heterocycles. The lowest BCUT2D eigenvalue weighted by Gasteiger charge is -2.32. The summed E-state index contributed by atoms with van der Waals surface area (Å²) in [6.45, 7) is 0.234. The molecule has 1 aliphatic rings. The van der Waals surface area contributed by atoms with Gasteiger partial charge in [0.05, 0.1) is 12.9 Å². The van der Waals surface area contributed by atoms with E-state index in [1.165, 1.54) is 23.9 Å². The number of amides is 2. The highest BCUT2D eigenvalue weighted by molar-refractivity contribution is 7.99. The van der Waals surface area contributed by atoms with Crippen molar-refractivity contribution in [2.45, 2.75) is 56.5 Å². The Kier molecular flexibility index (Phi) is 10.2. The summed E-state index contributed by atoms with van der Waals surface area (Å²) in [5.41, 5.74) is 2.86. The highest BCUT2D eigenvalue weighted by Gasteiger charge is 2.32. The van der Waals surface area contributed by atoms with Gasteiger partial charge >= 0.3 is 0 Å². The van der Waals surface area contributed by atoms with Crippen molar-refractivity contribution in [2.75, 3.05) is 12.9 Å². The number of hydrogen-bond donors (Lipinski definition) is 1. The molecular formula is C31H35FN2O3S. The lowest BCUT2D eigenvalue weighted by Crippen LogP contribution is -2.52. The van der Waals surface area contributed by atoms with E-state index in [1.807, 2.05) is 54.6 Å². The fourth-order valence-electron chi connectivity index (χ4n) is 4.77. The Morgan fingerprint density at radius 1 is 0.947 bits per heavy atom.